The molecule has 24 heavy (non-hydrogen) atoms. The van der Waals surface area contributed by atoms with Gasteiger partial charge in [0, 0.05) is 24.8 Å². The maximum atomic E-state index is 13.0. The number of halogens is 3. The van der Waals surface area contributed by atoms with Crippen LogP contribution in [0.4, 0.5) is 30.6 Å². The van der Waals surface area contributed by atoms with E-state index >= 15 is 0 Å². The van der Waals surface area contributed by atoms with Gasteiger partial charge in [-0.05, 0) is 38.4 Å². The molecule has 3 N–H and O–H groups in total. The Labute approximate surface area is 137 Å². The molecule has 0 amide bonds. The highest BCUT2D eigenvalue weighted by atomic mass is 19.4. The molecule has 2 aromatic rings. The number of rotatable bonds is 6. The minimum Gasteiger partial charge on any atom is -0.508 e. The Balaban J connectivity index is 2.23. The van der Waals surface area contributed by atoms with Crippen molar-refractivity contribution in [2.45, 2.75) is 6.18 Å². The van der Waals surface area contributed by atoms with Gasteiger partial charge in [-0.1, -0.05) is 0 Å². The van der Waals surface area contributed by atoms with Crippen molar-refractivity contribution < 1.29 is 18.3 Å². The van der Waals surface area contributed by atoms with Gasteiger partial charge < -0.3 is 20.6 Å². The summed E-state index contributed by atoms with van der Waals surface area (Å²) in [6, 6.07) is 6.74. The second-order valence-corrected chi connectivity index (χ2v) is 5.36. The second-order valence-electron chi connectivity index (χ2n) is 5.36. The maximum absolute atomic E-state index is 13.0. The summed E-state index contributed by atoms with van der Waals surface area (Å²) in [5.74, 6) is -0.0337. The van der Waals surface area contributed by atoms with Crippen molar-refractivity contribution in [3.8, 4) is 5.75 Å². The fourth-order valence-electron chi connectivity index (χ4n) is 1.82. The monoisotopic (exact) mass is 341 g/mol. The Hall–Kier alpha value is -2.55. The predicted octanol–water partition coefficient (Wildman–Crippen LogP) is 2.92. The molecule has 0 unspecified atom stereocenters. The van der Waals surface area contributed by atoms with Crippen molar-refractivity contribution >= 4 is 17.5 Å². The first-order valence-corrected chi connectivity index (χ1v) is 7.15. The van der Waals surface area contributed by atoms with E-state index in [1.54, 1.807) is 0 Å². The molecule has 0 bridgehead atoms. The molecule has 0 saturated heterocycles. The normalized spacial score (nSPS) is 11.6. The third-order valence-electron chi connectivity index (χ3n) is 3.00. The number of likely N-dealkylation sites (N-methyl/N-ethyl adjacent to an activating group) is 1. The molecule has 0 fully saturated rings. The molecule has 0 aliphatic heterocycles. The average Bonchev–Trinajstić information content (AvgIpc) is 2.48. The predicted molar refractivity (Wildman–Crippen MR) is 85.5 cm³/mol. The lowest BCUT2D eigenvalue weighted by molar-refractivity contribution is -0.141. The standard InChI is InChI=1S/C15H18F3N5O/c1-23(2)8-7-19-14-21-12(15(16,17)18)9-13(22-14)20-10-3-5-11(24)6-4-10/h3-6,9,24H,7-8H2,1-2H3,(H2,19,20,21,22). The highest BCUT2D eigenvalue weighted by Crippen LogP contribution is 2.30. The van der Waals surface area contributed by atoms with E-state index in [9.17, 15) is 18.3 Å². The van der Waals surface area contributed by atoms with Crippen LogP contribution in [0.1, 0.15) is 5.69 Å². The summed E-state index contributed by atoms with van der Waals surface area (Å²) < 4.78 is 39.0. The van der Waals surface area contributed by atoms with Gasteiger partial charge in [-0.2, -0.15) is 18.2 Å². The Morgan fingerprint density at radius 3 is 2.38 bits per heavy atom. The topological polar surface area (TPSA) is 73.3 Å². The number of benzene rings is 1. The summed E-state index contributed by atoms with van der Waals surface area (Å²) in [4.78, 5) is 9.44. The lowest BCUT2D eigenvalue weighted by atomic mass is 10.3. The number of phenolic OH excluding ortho intramolecular Hbond substituents is 1. The van der Waals surface area contributed by atoms with Crippen LogP contribution in [0.3, 0.4) is 0 Å². The van der Waals surface area contributed by atoms with E-state index < -0.39 is 11.9 Å². The highest BCUT2D eigenvalue weighted by Gasteiger charge is 2.33. The van der Waals surface area contributed by atoms with Gasteiger partial charge >= 0.3 is 6.18 Å². The van der Waals surface area contributed by atoms with E-state index in [4.69, 9.17) is 0 Å². The zero-order valence-corrected chi connectivity index (χ0v) is 13.2. The average molecular weight is 341 g/mol. The number of aromatic hydroxyl groups is 1. The van der Waals surface area contributed by atoms with E-state index in [-0.39, 0.29) is 17.5 Å². The Bertz CT molecular complexity index is 674. The third-order valence-corrected chi connectivity index (χ3v) is 3.00. The first-order valence-electron chi connectivity index (χ1n) is 7.15. The van der Waals surface area contributed by atoms with Crippen LogP contribution in [-0.4, -0.2) is 47.2 Å². The quantitative estimate of drug-likeness (QED) is 0.702. The fourth-order valence-corrected chi connectivity index (χ4v) is 1.82. The van der Waals surface area contributed by atoms with E-state index in [1.165, 1.54) is 24.3 Å². The fraction of sp³-hybridized carbons (Fsp3) is 0.333. The molecular formula is C15H18F3N5O. The highest BCUT2D eigenvalue weighted by molar-refractivity contribution is 5.58. The van der Waals surface area contributed by atoms with Crippen molar-refractivity contribution in [3.05, 3.63) is 36.0 Å². The molecule has 0 aliphatic carbocycles. The summed E-state index contributed by atoms with van der Waals surface area (Å²) in [5, 5.41) is 14.8. The van der Waals surface area contributed by atoms with Crippen molar-refractivity contribution in [3.63, 3.8) is 0 Å². The third kappa shape index (κ3) is 5.27. The van der Waals surface area contributed by atoms with Crippen LogP contribution >= 0.6 is 0 Å². The number of aromatic nitrogens is 2. The summed E-state index contributed by atoms with van der Waals surface area (Å²) in [7, 11) is 3.71. The van der Waals surface area contributed by atoms with Gasteiger partial charge in [-0.25, -0.2) is 4.98 Å². The second kappa shape index (κ2) is 7.35. The number of hydrogen-bond acceptors (Lipinski definition) is 6. The number of phenols is 1. The minimum atomic E-state index is -4.58. The van der Waals surface area contributed by atoms with Crippen LogP contribution in [0.5, 0.6) is 5.75 Å². The van der Waals surface area contributed by atoms with E-state index in [2.05, 4.69) is 20.6 Å². The Kier molecular flexibility index (Phi) is 5.45. The molecule has 1 aromatic carbocycles. The van der Waals surface area contributed by atoms with Gasteiger partial charge in [0.2, 0.25) is 5.95 Å². The molecule has 0 atom stereocenters. The number of alkyl halides is 3. The van der Waals surface area contributed by atoms with Crippen molar-refractivity contribution in [2.75, 3.05) is 37.8 Å². The van der Waals surface area contributed by atoms with Crippen molar-refractivity contribution in [1.82, 2.24) is 14.9 Å². The molecular weight excluding hydrogens is 323 g/mol. The van der Waals surface area contributed by atoms with Gasteiger partial charge in [-0.15, -0.1) is 0 Å². The van der Waals surface area contributed by atoms with Gasteiger partial charge in [0.05, 0.1) is 0 Å². The molecule has 0 radical (unpaired) electrons. The van der Waals surface area contributed by atoms with Crippen molar-refractivity contribution in [1.29, 1.82) is 0 Å². The van der Waals surface area contributed by atoms with E-state index in [1.807, 2.05) is 19.0 Å². The smallest absolute Gasteiger partial charge is 0.433 e. The molecule has 0 aliphatic rings. The minimum absolute atomic E-state index is 0.00960. The largest absolute Gasteiger partial charge is 0.508 e. The molecule has 130 valence electrons. The summed E-state index contributed by atoms with van der Waals surface area (Å²) in [6.07, 6.45) is -4.58. The van der Waals surface area contributed by atoms with Crippen LogP contribution in [0, 0.1) is 0 Å². The first-order chi connectivity index (χ1) is 11.2. The van der Waals surface area contributed by atoms with Crippen LogP contribution < -0.4 is 10.6 Å². The Morgan fingerprint density at radius 1 is 1.12 bits per heavy atom. The van der Waals surface area contributed by atoms with Gasteiger partial charge in [0.1, 0.15) is 11.6 Å². The Morgan fingerprint density at radius 2 is 1.79 bits per heavy atom. The van der Waals surface area contributed by atoms with Gasteiger partial charge in [0.15, 0.2) is 5.69 Å². The molecule has 0 saturated carbocycles. The van der Waals surface area contributed by atoms with Crippen LogP contribution in [0.25, 0.3) is 0 Å². The summed E-state index contributed by atoms with van der Waals surface area (Å²) in [5.41, 5.74) is -0.537. The van der Waals surface area contributed by atoms with Crippen LogP contribution in [0.15, 0.2) is 30.3 Å². The maximum Gasteiger partial charge on any atom is 0.433 e. The summed E-state index contributed by atoms with van der Waals surface area (Å²) >= 11 is 0. The lowest BCUT2D eigenvalue weighted by Gasteiger charge is -2.14. The summed E-state index contributed by atoms with van der Waals surface area (Å²) in [6.45, 7) is 1.04. The van der Waals surface area contributed by atoms with Crippen molar-refractivity contribution in [2.24, 2.45) is 0 Å². The molecule has 1 aromatic heterocycles. The molecule has 9 heteroatoms. The lowest BCUT2D eigenvalue weighted by Crippen LogP contribution is -2.22. The SMILES string of the molecule is CN(C)CCNc1nc(Nc2ccc(O)cc2)cc(C(F)(F)F)n1. The van der Waals surface area contributed by atoms with Gasteiger partial charge in [0.25, 0.3) is 0 Å². The number of anilines is 3. The zero-order chi connectivity index (χ0) is 17.7. The van der Waals surface area contributed by atoms with Gasteiger partial charge in [-0.3, -0.25) is 0 Å². The number of nitrogens with zero attached hydrogens (tertiary/aromatic N) is 3. The van der Waals surface area contributed by atoms with E-state index in [0.29, 0.717) is 18.8 Å². The molecule has 1 heterocycles. The number of nitrogens with one attached hydrogen (secondary N) is 2. The molecule has 0 spiro atoms. The number of hydrogen-bond donors (Lipinski definition) is 3. The van der Waals surface area contributed by atoms with Crippen LogP contribution in [0.2, 0.25) is 0 Å². The zero-order valence-electron chi connectivity index (χ0n) is 13.2. The van der Waals surface area contributed by atoms with E-state index in [0.717, 1.165) is 6.07 Å². The molecule has 2 rings (SSSR count). The van der Waals surface area contributed by atoms with Crippen LogP contribution in [-0.2, 0) is 6.18 Å². The first kappa shape index (κ1) is 17.8. The molecule has 6 nitrogen and oxygen atoms in total.